The third-order valence-electron chi connectivity index (χ3n) is 0.416. The molecule has 0 spiro atoms. The zero-order valence-electron chi connectivity index (χ0n) is 5.09. The van der Waals surface area contributed by atoms with Gasteiger partial charge in [-0.05, 0) is 11.8 Å². The molecule has 0 amide bonds. The number of nitriles is 1. The van der Waals surface area contributed by atoms with Gasteiger partial charge in [0.1, 0.15) is 5.40 Å². The minimum Gasteiger partial charge on any atom is -0.664 e. The van der Waals surface area contributed by atoms with Crippen LogP contribution in [0.4, 0.5) is 0 Å². The number of nitrogens with zero attached hydrogens (tertiary/aromatic N) is 1. The first-order valence-electron chi connectivity index (χ1n) is 1.79. The first kappa shape index (κ1) is 12.1. The zero-order chi connectivity index (χ0) is 6.41. The molecule has 0 bridgehead atoms. The molecule has 0 heterocycles. The molecule has 0 atom stereocenters. The molecule has 0 fully saturated rings. The van der Waals surface area contributed by atoms with E-state index in [2.05, 4.69) is 11.5 Å². The van der Waals surface area contributed by atoms with Gasteiger partial charge in [-0.15, -0.1) is 0 Å². The Hall–Kier alpha value is 0.340. The van der Waals surface area contributed by atoms with Crippen molar-refractivity contribution < 1.29 is 39.7 Å². The number of hydrogen-bond acceptors (Lipinski definition) is 4. The van der Waals surface area contributed by atoms with E-state index < -0.39 is 0 Å². The van der Waals surface area contributed by atoms with E-state index in [0.717, 1.165) is 11.8 Å². The van der Waals surface area contributed by atoms with E-state index in [4.69, 9.17) is 5.26 Å². The molecule has 0 aliphatic carbocycles. The Kier molecular flexibility index (Phi) is 11.2. The fraction of sp³-hybridized carbons (Fsp3) is 0.250. The normalized spacial score (nSPS) is 6.67. The average molecular weight is 153 g/mol. The molecule has 44 valence electrons. The van der Waals surface area contributed by atoms with E-state index in [9.17, 15) is 5.26 Å². The van der Waals surface area contributed by atoms with E-state index in [1.807, 2.05) is 0 Å². The zero-order valence-corrected chi connectivity index (χ0v) is 7.90. The minimum atomic E-state index is 0. The van der Waals surface area contributed by atoms with Gasteiger partial charge in [-0.2, -0.15) is 5.26 Å². The Morgan fingerprint density at radius 2 is 2.44 bits per heavy atom. The van der Waals surface area contributed by atoms with Crippen LogP contribution >= 0.6 is 11.8 Å². The van der Waals surface area contributed by atoms with Gasteiger partial charge in [0, 0.05) is 0 Å². The standard InChI is InChI=1S/C4H5NO2S.Na/c1-4(7-6)2-8-3-5;/h6H,1-2H2;/q;+1/p-1. The van der Waals surface area contributed by atoms with Crippen molar-refractivity contribution in [3.63, 3.8) is 0 Å². The molecule has 0 unspecified atom stereocenters. The Bertz CT molecular complexity index is 122. The predicted molar refractivity (Wildman–Crippen MR) is 28.3 cm³/mol. The predicted octanol–water partition coefficient (Wildman–Crippen LogP) is -2.99. The molecule has 3 nitrogen and oxygen atoms in total. The van der Waals surface area contributed by atoms with Crippen LogP contribution in [0.25, 0.3) is 0 Å². The summed E-state index contributed by atoms with van der Waals surface area (Å²) in [4.78, 5) is 3.44. The van der Waals surface area contributed by atoms with Gasteiger partial charge in [-0.1, -0.05) is 6.58 Å². The number of hydrogen-bond donors (Lipinski definition) is 0. The van der Waals surface area contributed by atoms with Crippen molar-refractivity contribution in [3.05, 3.63) is 12.3 Å². The maximum Gasteiger partial charge on any atom is 1.00 e. The monoisotopic (exact) mass is 153 g/mol. The molecule has 0 saturated heterocycles. The molecule has 0 aliphatic rings. The molecule has 0 N–H and O–H groups in total. The topological polar surface area (TPSA) is 56.1 Å². The third-order valence-corrected chi connectivity index (χ3v) is 1.01. The summed E-state index contributed by atoms with van der Waals surface area (Å²) in [5.41, 5.74) is 0. The van der Waals surface area contributed by atoms with Crippen molar-refractivity contribution in [2.45, 2.75) is 0 Å². The maximum absolute atomic E-state index is 9.41. The van der Waals surface area contributed by atoms with Crippen LogP contribution in [0.5, 0.6) is 0 Å². The van der Waals surface area contributed by atoms with Crippen LogP contribution in [0.2, 0.25) is 0 Å². The molecule has 0 rings (SSSR count). The molecule has 0 radical (unpaired) electrons. The summed E-state index contributed by atoms with van der Waals surface area (Å²) >= 11 is 0.922. The van der Waals surface area contributed by atoms with Crippen LogP contribution < -0.4 is 34.8 Å². The first-order chi connectivity index (χ1) is 3.81. The Morgan fingerprint density at radius 1 is 1.89 bits per heavy atom. The van der Waals surface area contributed by atoms with E-state index in [-0.39, 0.29) is 41.1 Å². The van der Waals surface area contributed by atoms with Crippen molar-refractivity contribution in [2.24, 2.45) is 0 Å². The van der Waals surface area contributed by atoms with E-state index in [1.54, 1.807) is 5.40 Å². The summed E-state index contributed by atoms with van der Waals surface area (Å²) < 4.78 is 0. The van der Waals surface area contributed by atoms with Crippen LogP contribution in [-0.4, -0.2) is 5.75 Å². The molecule has 9 heavy (non-hydrogen) atoms. The second-order valence-electron chi connectivity index (χ2n) is 1.00. The quantitative estimate of drug-likeness (QED) is 0.143. The molecule has 0 saturated carbocycles. The molecular weight excluding hydrogens is 149 g/mol. The van der Waals surface area contributed by atoms with Gasteiger partial charge >= 0.3 is 29.6 Å². The van der Waals surface area contributed by atoms with Gasteiger partial charge in [-0.3, -0.25) is 0 Å². The number of thiocyanates is 1. The third kappa shape index (κ3) is 8.34. The van der Waals surface area contributed by atoms with Gasteiger partial charge in [0.2, 0.25) is 0 Å². The molecular formula is C4H4NNaO2S. The van der Waals surface area contributed by atoms with Gasteiger partial charge < -0.3 is 10.1 Å². The van der Waals surface area contributed by atoms with E-state index in [1.165, 1.54) is 0 Å². The fourth-order valence-electron chi connectivity index (χ4n) is 0.137. The molecule has 0 aromatic heterocycles. The SMILES string of the molecule is C=C(CSC#N)O[O-].[Na+]. The fourth-order valence-corrected chi connectivity index (χ4v) is 0.410. The summed E-state index contributed by atoms with van der Waals surface area (Å²) in [6, 6.07) is 0. The van der Waals surface area contributed by atoms with E-state index >= 15 is 0 Å². The number of rotatable bonds is 3. The van der Waals surface area contributed by atoms with Crippen molar-refractivity contribution in [1.82, 2.24) is 0 Å². The Balaban J connectivity index is 0. The van der Waals surface area contributed by atoms with Crippen LogP contribution in [0.1, 0.15) is 0 Å². The summed E-state index contributed by atoms with van der Waals surface area (Å²) in [6.45, 7) is 3.20. The smallest absolute Gasteiger partial charge is 0.664 e. The van der Waals surface area contributed by atoms with E-state index in [0.29, 0.717) is 0 Å². The second-order valence-corrected chi connectivity index (χ2v) is 1.76. The van der Waals surface area contributed by atoms with Crippen LogP contribution in [0, 0.1) is 10.7 Å². The van der Waals surface area contributed by atoms with Crippen LogP contribution in [-0.2, 0) is 4.89 Å². The summed E-state index contributed by atoms with van der Waals surface area (Å²) in [6.07, 6.45) is 0. The van der Waals surface area contributed by atoms with Crippen molar-refractivity contribution in [2.75, 3.05) is 5.75 Å². The van der Waals surface area contributed by atoms with Crippen molar-refractivity contribution >= 4 is 11.8 Å². The van der Waals surface area contributed by atoms with Gasteiger partial charge in [0.25, 0.3) is 0 Å². The Morgan fingerprint density at radius 3 is 2.78 bits per heavy atom. The maximum atomic E-state index is 9.41. The molecule has 0 aliphatic heterocycles. The number of thioether (sulfide) groups is 1. The second kappa shape index (κ2) is 8.34. The van der Waals surface area contributed by atoms with Gasteiger partial charge in [0.15, 0.2) is 0 Å². The van der Waals surface area contributed by atoms with Crippen LogP contribution in [0.15, 0.2) is 12.3 Å². The summed E-state index contributed by atoms with van der Waals surface area (Å²) in [5.74, 6) is 0.330. The minimum absolute atomic E-state index is 0. The Labute approximate surface area is 79.9 Å². The van der Waals surface area contributed by atoms with Crippen LogP contribution in [0.3, 0.4) is 0 Å². The van der Waals surface area contributed by atoms with Gasteiger partial charge in [0.05, 0.1) is 11.5 Å². The molecule has 5 heteroatoms. The molecule has 0 aromatic rings. The summed E-state index contributed by atoms with van der Waals surface area (Å²) in [5, 5.41) is 19.1. The first-order valence-corrected chi connectivity index (χ1v) is 2.78. The molecule has 0 aromatic carbocycles. The average Bonchev–Trinajstić information content (AvgIpc) is 1.83. The van der Waals surface area contributed by atoms with Crippen molar-refractivity contribution in [1.29, 1.82) is 5.26 Å². The van der Waals surface area contributed by atoms with Gasteiger partial charge in [-0.25, -0.2) is 0 Å². The summed E-state index contributed by atoms with van der Waals surface area (Å²) in [7, 11) is 0. The van der Waals surface area contributed by atoms with Crippen molar-refractivity contribution in [3.8, 4) is 5.40 Å². The largest absolute Gasteiger partial charge is 1.00 e.